The number of benzene rings is 2. The minimum absolute atomic E-state index is 0. The second-order valence-corrected chi connectivity index (χ2v) is 2.88. The van der Waals surface area contributed by atoms with Crippen molar-refractivity contribution in [2.45, 2.75) is 0 Å². The van der Waals surface area contributed by atoms with Crippen LogP contribution in [0.1, 0.15) is 0 Å². The smallest absolute Gasteiger partial charge is 0.0269 e. The average molecular weight is 275 g/mol. The van der Waals surface area contributed by atoms with Gasteiger partial charge in [-0.3, -0.25) is 0 Å². The second kappa shape index (κ2) is 4.95. The maximum Gasteiger partial charge on any atom is 0.0269 e. The summed E-state index contributed by atoms with van der Waals surface area (Å²) in [4.78, 5) is 0. The van der Waals surface area contributed by atoms with Gasteiger partial charge in [0.15, 0.2) is 0 Å². The molecule has 0 saturated heterocycles. The summed E-state index contributed by atoms with van der Waals surface area (Å²) >= 11 is 0. The Hall–Kier alpha value is -1.10. The largest absolute Gasteiger partial charge is 0.399 e. The zero-order chi connectivity index (χ0) is 9.10. The van der Waals surface area contributed by atoms with Crippen molar-refractivity contribution in [3.05, 3.63) is 54.6 Å². The fraction of sp³-hybridized carbons (Fsp3) is 0. The summed E-state index contributed by atoms with van der Waals surface area (Å²) in [5.74, 6) is 0. The summed E-state index contributed by atoms with van der Waals surface area (Å²) in [6, 6.07) is 18.7. The number of hydrogen-bond donors (Lipinski definition) is 1. The van der Waals surface area contributed by atoms with Gasteiger partial charge in [-0.2, -0.15) is 30.3 Å². The summed E-state index contributed by atoms with van der Waals surface area (Å²) in [7, 11) is 0. The standard InChI is InChI=1S/C12H10N.Pd/c13-12-9-5-4-8-11(12)10-6-2-1-3-7-10;/h1-2,4-9H,13H2;/q-1;. The van der Waals surface area contributed by atoms with Crippen molar-refractivity contribution >= 4 is 5.69 Å². The number of anilines is 1. The molecule has 14 heavy (non-hydrogen) atoms. The minimum atomic E-state index is 0. The van der Waals surface area contributed by atoms with Crippen LogP contribution in [-0.4, -0.2) is 0 Å². The summed E-state index contributed by atoms with van der Waals surface area (Å²) < 4.78 is 0. The molecule has 1 nitrogen and oxygen atoms in total. The van der Waals surface area contributed by atoms with Crippen molar-refractivity contribution in [3.8, 4) is 11.1 Å². The monoisotopic (exact) mass is 274 g/mol. The summed E-state index contributed by atoms with van der Waals surface area (Å²) in [6.45, 7) is 0. The van der Waals surface area contributed by atoms with Crippen molar-refractivity contribution < 1.29 is 20.4 Å². The van der Waals surface area contributed by atoms with Gasteiger partial charge < -0.3 is 5.73 Å². The van der Waals surface area contributed by atoms with E-state index in [4.69, 9.17) is 5.73 Å². The van der Waals surface area contributed by atoms with Gasteiger partial charge >= 0.3 is 0 Å². The average Bonchev–Trinajstić information content (AvgIpc) is 2.20. The molecule has 0 aliphatic heterocycles. The molecule has 2 aromatic rings. The van der Waals surface area contributed by atoms with Crippen molar-refractivity contribution in [2.75, 3.05) is 5.73 Å². The first-order valence-corrected chi connectivity index (χ1v) is 4.19. The fourth-order valence-electron chi connectivity index (χ4n) is 1.32. The van der Waals surface area contributed by atoms with E-state index in [2.05, 4.69) is 6.07 Å². The number of rotatable bonds is 1. The Balaban J connectivity index is 0.000000980. The molecule has 0 amide bonds. The molecule has 0 aromatic heterocycles. The molecule has 0 aliphatic rings. The second-order valence-electron chi connectivity index (χ2n) is 2.88. The van der Waals surface area contributed by atoms with Crippen LogP contribution in [0.25, 0.3) is 11.1 Å². The molecular weight excluding hydrogens is 265 g/mol. The van der Waals surface area contributed by atoms with Gasteiger partial charge in [0.1, 0.15) is 0 Å². The van der Waals surface area contributed by atoms with Crippen molar-refractivity contribution in [1.82, 2.24) is 0 Å². The number of nitrogens with two attached hydrogens (primary N) is 1. The van der Waals surface area contributed by atoms with Crippen molar-refractivity contribution in [2.24, 2.45) is 0 Å². The van der Waals surface area contributed by atoms with Crippen molar-refractivity contribution in [3.63, 3.8) is 0 Å². The zero-order valence-electron chi connectivity index (χ0n) is 7.51. The Morgan fingerprint density at radius 1 is 1.00 bits per heavy atom. The molecule has 2 aromatic carbocycles. The van der Waals surface area contributed by atoms with E-state index in [0.717, 1.165) is 16.8 Å². The van der Waals surface area contributed by atoms with Crippen LogP contribution < -0.4 is 5.73 Å². The number of nitrogen functional groups attached to an aromatic ring is 1. The Labute approximate surface area is 97.6 Å². The molecule has 2 N–H and O–H groups in total. The van der Waals surface area contributed by atoms with E-state index >= 15 is 0 Å². The molecule has 0 spiro atoms. The van der Waals surface area contributed by atoms with Crippen LogP contribution >= 0.6 is 0 Å². The SMILES string of the molecule is Nc1ccccc1-c1c[c-]ccc1.[Pd]. The molecule has 0 radical (unpaired) electrons. The first-order valence-electron chi connectivity index (χ1n) is 4.19. The van der Waals surface area contributed by atoms with E-state index in [-0.39, 0.29) is 20.4 Å². The van der Waals surface area contributed by atoms with Crippen molar-refractivity contribution in [1.29, 1.82) is 0 Å². The van der Waals surface area contributed by atoms with E-state index in [1.165, 1.54) is 0 Å². The Morgan fingerprint density at radius 2 is 1.79 bits per heavy atom. The molecule has 0 bridgehead atoms. The quantitative estimate of drug-likeness (QED) is 0.483. The zero-order valence-corrected chi connectivity index (χ0v) is 9.07. The van der Waals surface area contributed by atoms with E-state index < -0.39 is 0 Å². The van der Waals surface area contributed by atoms with Gasteiger partial charge in [0.05, 0.1) is 0 Å². The molecule has 0 atom stereocenters. The third-order valence-corrected chi connectivity index (χ3v) is 1.98. The van der Waals surface area contributed by atoms with Crippen LogP contribution in [0.5, 0.6) is 0 Å². The Morgan fingerprint density at radius 3 is 2.43 bits per heavy atom. The predicted molar refractivity (Wildman–Crippen MR) is 55.1 cm³/mol. The summed E-state index contributed by atoms with van der Waals surface area (Å²) in [6.07, 6.45) is 0. The predicted octanol–water partition coefficient (Wildman–Crippen LogP) is 2.73. The van der Waals surface area contributed by atoms with Crippen LogP contribution in [0.3, 0.4) is 0 Å². The van der Waals surface area contributed by atoms with Crippen LogP contribution in [0, 0.1) is 6.07 Å². The molecule has 0 heterocycles. The molecule has 0 unspecified atom stereocenters. The third kappa shape index (κ3) is 2.23. The molecule has 0 saturated carbocycles. The first-order chi connectivity index (χ1) is 6.38. The van der Waals surface area contributed by atoms with Gasteiger partial charge in [-0.1, -0.05) is 23.8 Å². The normalized spacial score (nSPS) is 9.14. The number of para-hydroxylation sites is 1. The maximum atomic E-state index is 5.84. The van der Waals surface area contributed by atoms with Gasteiger partial charge in [-0.15, -0.1) is 5.56 Å². The summed E-state index contributed by atoms with van der Waals surface area (Å²) in [5.41, 5.74) is 8.83. The molecular formula is C12H10NPd-. The van der Waals surface area contributed by atoms with Gasteiger partial charge in [-0.05, 0) is 6.07 Å². The van der Waals surface area contributed by atoms with Gasteiger partial charge in [0.2, 0.25) is 0 Å². The fourth-order valence-corrected chi connectivity index (χ4v) is 1.32. The molecule has 2 heteroatoms. The van der Waals surface area contributed by atoms with E-state index in [0.29, 0.717) is 0 Å². The van der Waals surface area contributed by atoms with Gasteiger partial charge in [0.25, 0.3) is 0 Å². The molecule has 2 rings (SSSR count). The first kappa shape index (κ1) is 11.0. The minimum Gasteiger partial charge on any atom is -0.399 e. The van der Waals surface area contributed by atoms with Crippen LogP contribution in [0.4, 0.5) is 5.69 Å². The molecule has 0 aliphatic carbocycles. The van der Waals surface area contributed by atoms with Gasteiger partial charge in [-0.25, -0.2) is 0 Å². The van der Waals surface area contributed by atoms with E-state index in [1.807, 2.05) is 48.5 Å². The Kier molecular flexibility index (Phi) is 3.88. The number of hydrogen-bond acceptors (Lipinski definition) is 1. The Bertz CT molecular complexity index is 398. The summed E-state index contributed by atoms with van der Waals surface area (Å²) in [5, 5.41) is 0. The molecule has 74 valence electrons. The van der Waals surface area contributed by atoms with Gasteiger partial charge in [0, 0.05) is 26.1 Å². The van der Waals surface area contributed by atoms with Crippen LogP contribution in [0.15, 0.2) is 48.5 Å². The third-order valence-electron chi connectivity index (χ3n) is 1.98. The van der Waals surface area contributed by atoms with E-state index in [9.17, 15) is 0 Å². The topological polar surface area (TPSA) is 26.0 Å². The van der Waals surface area contributed by atoms with Crippen LogP contribution in [0.2, 0.25) is 0 Å². The maximum absolute atomic E-state index is 5.84. The van der Waals surface area contributed by atoms with E-state index in [1.54, 1.807) is 0 Å². The van der Waals surface area contributed by atoms with Crippen LogP contribution in [-0.2, 0) is 20.4 Å². The molecule has 0 fully saturated rings.